The molecule has 0 unspecified atom stereocenters. The lowest BCUT2D eigenvalue weighted by molar-refractivity contribution is 0.0763. The lowest BCUT2D eigenvalue weighted by Gasteiger charge is -2.17. The van der Waals surface area contributed by atoms with Gasteiger partial charge < -0.3 is 9.64 Å². The molecule has 1 amide bonds. The molecule has 0 bridgehead atoms. The van der Waals surface area contributed by atoms with E-state index >= 15 is 0 Å². The molecule has 0 radical (unpaired) electrons. The monoisotopic (exact) mass is 329 g/mol. The first-order chi connectivity index (χ1) is 11.7. The molecular formula is C17H23N5O2. The molecule has 7 heteroatoms. The number of ether oxygens (including phenoxy) is 1. The number of carbonyl (C=O) groups is 1. The zero-order chi connectivity index (χ0) is 16.5. The number of aromatic amines is 2. The van der Waals surface area contributed by atoms with Gasteiger partial charge in [0.2, 0.25) is 0 Å². The van der Waals surface area contributed by atoms with Crippen LogP contribution in [0, 0.1) is 0 Å². The van der Waals surface area contributed by atoms with E-state index in [4.69, 9.17) is 4.74 Å². The SMILES string of the molecule is CN(Cc1n[nH]c2c1CCCCC2)C(=O)c1n[nH]c2c1COCC2. The second-order valence-corrected chi connectivity index (χ2v) is 6.68. The fourth-order valence-corrected chi connectivity index (χ4v) is 3.62. The van der Waals surface area contributed by atoms with Crippen molar-refractivity contribution in [1.82, 2.24) is 25.3 Å². The Hall–Kier alpha value is -2.15. The predicted molar refractivity (Wildman–Crippen MR) is 87.6 cm³/mol. The van der Waals surface area contributed by atoms with E-state index in [0.717, 1.165) is 36.2 Å². The number of hydrogen-bond donors (Lipinski definition) is 2. The molecule has 3 heterocycles. The highest BCUT2D eigenvalue weighted by molar-refractivity contribution is 5.93. The fourth-order valence-electron chi connectivity index (χ4n) is 3.62. The van der Waals surface area contributed by atoms with Crippen molar-refractivity contribution >= 4 is 5.91 Å². The molecular weight excluding hydrogens is 306 g/mol. The number of aryl methyl sites for hydroxylation is 1. The van der Waals surface area contributed by atoms with Gasteiger partial charge in [-0.1, -0.05) is 6.42 Å². The van der Waals surface area contributed by atoms with Crippen molar-refractivity contribution in [3.05, 3.63) is 33.9 Å². The van der Waals surface area contributed by atoms with Crippen LogP contribution in [0.2, 0.25) is 0 Å². The molecule has 2 aromatic heterocycles. The molecule has 0 spiro atoms. The quantitative estimate of drug-likeness (QED) is 0.840. The summed E-state index contributed by atoms with van der Waals surface area (Å²) in [4.78, 5) is 14.5. The topological polar surface area (TPSA) is 86.9 Å². The minimum Gasteiger partial charge on any atom is -0.376 e. The van der Waals surface area contributed by atoms with E-state index in [-0.39, 0.29) is 5.91 Å². The number of H-pyrrole nitrogens is 2. The van der Waals surface area contributed by atoms with Gasteiger partial charge in [-0.2, -0.15) is 10.2 Å². The fraction of sp³-hybridized carbons (Fsp3) is 0.588. The molecule has 2 N–H and O–H groups in total. The van der Waals surface area contributed by atoms with Gasteiger partial charge in [-0.05, 0) is 31.2 Å². The highest BCUT2D eigenvalue weighted by Gasteiger charge is 2.26. The molecule has 128 valence electrons. The molecule has 24 heavy (non-hydrogen) atoms. The predicted octanol–water partition coefficient (Wildman–Crippen LogP) is 1.75. The van der Waals surface area contributed by atoms with E-state index in [1.54, 1.807) is 4.90 Å². The summed E-state index contributed by atoms with van der Waals surface area (Å²) >= 11 is 0. The average Bonchev–Trinajstić information content (AvgIpc) is 3.11. The number of aromatic nitrogens is 4. The van der Waals surface area contributed by atoms with E-state index in [9.17, 15) is 4.79 Å². The van der Waals surface area contributed by atoms with Gasteiger partial charge in [0.15, 0.2) is 5.69 Å². The lowest BCUT2D eigenvalue weighted by Crippen LogP contribution is -2.28. The Bertz CT molecular complexity index is 748. The summed E-state index contributed by atoms with van der Waals surface area (Å²) in [6.07, 6.45) is 6.56. The maximum Gasteiger partial charge on any atom is 0.274 e. The van der Waals surface area contributed by atoms with Crippen molar-refractivity contribution in [3.8, 4) is 0 Å². The minimum absolute atomic E-state index is 0.0802. The van der Waals surface area contributed by atoms with Crippen LogP contribution >= 0.6 is 0 Å². The van der Waals surface area contributed by atoms with Crippen molar-refractivity contribution in [3.63, 3.8) is 0 Å². The Labute approximate surface area is 140 Å². The summed E-state index contributed by atoms with van der Waals surface area (Å²) in [5.74, 6) is -0.0802. The molecule has 0 saturated heterocycles. The third-order valence-electron chi connectivity index (χ3n) is 5.02. The number of rotatable bonds is 3. The Morgan fingerprint density at radius 3 is 2.79 bits per heavy atom. The van der Waals surface area contributed by atoms with Crippen molar-refractivity contribution < 1.29 is 9.53 Å². The molecule has 0 aromatic carbocycles. The summed E-state index contributed by atoms with van der Waals surface area (Å²) in [5.41, 5.74) is 5.94. The van der Waals surface area contributed by atoms with Crippen molar-refractivity contribution in [2.45, 2.75) is 51.7 Å². The van der Waals surface area contributed by atoms with Crippen LogP contribution in [0.25, 0.3) is 0 Å². The number of nitrogens with one attached hydrogen (secondary N) is 2. The third-order valence-corrected chi connectivity index (χ3v) is 5.02. The molecule has 0 fully saturated rings. The molecule has 7 nitrogen and oxygen atoms in total. The van der Waals surface area contributed by atoms with Crippen LogP contribution in [-0.2, 0) is 37.2 Å². The lowest BCUT2D eigenvalue weighted by atomic mass is 10.1. The van der Waals surface area contributed by atoms with Crippen LogP contribution in [0.3, 0.4) is 0 Å². The van der Waals surface area contributed by atoms with Crippen LogP contribution < -0.4 is 0 Å². The normalized spacial score (nSPS) is 17.0. The number of carbonyl (C=O) groups excluding carboxylic acids is 1. The van der Waals surface area contributed by atoms with Gasteiger partial charge in [-0.3, -0.25) is 15.0 Å². The van der Waals surface area contributed by atoms with Gasteiger partial charge in [0.25, 0.3) is 5.91 Å². The van der Waals surface area contributed by atoms with Crippen LogP contribution in [-0.4, -0.2) is 44.9 Å². The summed E-state index contributed by atoms with van der Waals surface area (Å²) < 4.78 is 5.47. The molecule has 2 aromatic rings. The third kappa shape index (κ3) is 2.73. The van der Waals surface area contributed by atoms with Crippen molar-refractivity contribution in [1.29, 1.82) is 0 Å². The van der Waals surface area contributed by atoms with Gasteiger partial charge in [0, 0.05) is 30.4 Å². The van der Waals surface area contributed by atoms with E-state index in [2.05, 4.69) is 20.4 Å². The van der Waals surface area contributed by atoms with Gasteiger partial charge in [0.1, 0.15) is 0 Å². The molecule has 1 aliphatic heterocycles. The van der Waals surface area contributed by atoms with Gasteiger partial charge in [-0.25, -0.2) is 0 Å². The summed E-state index contributed by atoms with van der Waals surface area (Å²) in [7, 11) is 1.81. The van der Waals surface area contributed by atoms with Crippen molar-refractivity contribution in [2.24, 2.45) is 0 Å². The van der Waals surface area contributed by atoms with Gasteiger partial charge in [0.05, 0.1) is 25.5 Å². The minimum atomic E-state index is -0.0802. The van der Waals surface area contributed by atoms with Gasteiger partial charge >= 0.3 is 0 Å². The second kappa shape index (κ2) is 6.39. The number of nitrogens with zero attached hydrogens (tertiary/aromatic N) is 3. The van der Waals surface area contributed by atoms with E-state index < -0.39 is 0 Å². The van der Waals surface area contributed by atoms with E-state index in [0.29, 0.717) is 25.5 Å². The molecule has 0 saturated carbocycles. The summed E-state index contributed by atoms with van der Waals surface area (Å²) in [6.45, 7) is 1.64. The first-order valence-electron chi connectivity index (χ1n) is 8.68. The number of fused-ring (bicyclic) bond motifs is 2. The Morgan fingerprint density at radius 2 is 1.88 bits per heavy atom. The number of hydrogen-bond acceptors (Lipinski definition) is 4. The molecule has 1 aliphatic carbocycles. The average molecular weight is 329 g/mol. The van der Waals surface area contributed by atoms with Crippen LogP contribution in [0.1, 0.15) is 58.0 Å². The zero-order valence-corrected chi connectivity index (χ0v) is 14.0. The molecule has 2 aliphatic rings. The number of amides is 1. The molecule has 4 rings (SSSR count). The van der Waals surface area contributed by atoms with Crippen molar-refractivity contribution in [2.75, 3.05) is 13.7 Å². The van der Waals surface area contributed by atoms with Crippen LogP contribution in [0.5, 0.6) is 0 Å². The second-order valence-electron chi connectivity index (χ2n) is 6.68. The first kappa shape index (κ1) is 15.4. The standard InChI is InChI=1S/C17H23N5O2/c1-22(9-15-11-5-3-2-4-6-13(11)18-20-15)17(23)16-12-10-24-8-7-14(12)19-21-16/h2-10H2,1H3,(H,18,20)(H,19,21). The first-order valence-corrected chi connectivity index (χ1v) is 8.68. The van der Waals surface area contributed by atoms with Gasteiger partial charge in [-0.15, -0.1) is 0 Å². The van der Waals surface area contributed by atoms with Crippen LogP contribution in [0.4, 0.5) is 0 Å². The van der Waals surface area contributed by atoms with E-state index in [1.165, 1.54) is 30.5 Å². The highest BCUT2D eigenvalue weighted by Crippen LogP contribution is 2.24. The van der Waals surface area contributed by atoms with E-state index in [1.807, 2.05) is 7.05 Å². The Kier molecular flexibility index (Phi) is 4.10. The zero-order valence-electron chi connectivity index (χ0n) is 14.0. The Morgan fingerprint density at radius 1 is 1.08 bits per heavy atom. The largest absolute Gasteiger partial charge is 0.376 e. The maximum absolute atomic E-state index is 12.8. The van der Waals surface area contributed by atoms with Crippen LogP contribution in [0.15, 0.2) is 0 Å². The smallest absolute Gasteiger partial charge is 0.274 e. The maximum atomic E-state index is 12.8. The Balaban J connectivity index is 1.52. The summed E-state index contributed by atoms with van der Waals surface area (Å²) in [5, 5.41) is 14.8. The summed E-state index contributed by atoms with van der Waals surface area (Å²) in [6, 6.07) is 0. The molecule has 0 atom stereocenters. The highest BCUT2D eigenvalue weighted by atomic mass is 16.5.